The number of carbonyl (C=O) groups is 1. The van der Waals surface area contributed by atoms with Gasteiger partial charge in [0, 0.05) is 17.9 Å². The van der Waals surface area contributed by atoms with Crippen LogP contribution in [-0.2, 0) is 10.5 Å². The lowest BCUT2D eigenvalue weighted by molar-refractivity contribution is -0.120. The van der Waals surface area contributed by atoms with Crippen molar-refractivity contribution in [2.24, 2.45) is 0 Å². The first-order valence-electron chi connectivity index (χ1n) is 6.49. The van der Waals surface area contributed by atoms with Crippen molar-refractivity contribution in [1.82, 2.24) is 10.5 Å². The number of rotatable bonds is 5. The fraction of sp³-hybridized carbons (Fsp3) is 0.692. The van der Waals surface area contributed by atoms with E-state index in [0.29, 0.717) is 6.04 Å². The van der Waals surface area contributed by atoms with E-state index in [1.165, 1.54) is 12.8 Å². The van der Waals surface area contributed by atoms with Crippen molar-refractivity contribution < 1.29 is 9.32 Å². The predicted octanol–water partition coefficient (Wildman–Crippen LogP) is 2.66. The second kappa shape index (κ2) is 6.27. The lowest BCUT2D eigenvalue weighted by atomic mass is 10.2. The molecule has 0 spiro atoms. The van der Waals surface area contributed by atoms with Crippen molar-refractivity contribution in [3.05, 3.63) is 17.5 Å². The van der Waals surface area contributed by atoms with Crippen molar-refractivity contribution in [1.29, 1.82) is 0 Å². The average Bonchev–Trinajstić information content (AvgIpc) is 2.97. The Labute approximate surface area is 112 Å². The zero-order valence-corrected chi connectivity index (χ0v) is 11.8. The summed E-state index contributed by atoms with van der Waals surface area (Å²) in [4.78, 5) is 11.9. The van der Waals surface area contributed by atoms with Crippen LogP contribution >= 0.6 is 11.8 Å². The number of hydrogen-bond acceptors (Lipinski definition) is 4. The van der Waals surface area contributed by atoms with Gasteiger partial charge in [0.05, 0.1) is 10.9 Å². The summed E-state index contributed by atoms with van der Waals surface area (Å²) in [5, 5.41) is 7.00. The molecule has 0 unspecified atom stereocenters. The Balaban J connectivity index is 1.73. The highest BCUT2D eigenvalue weighted by Crippen LogP contribution is 2.21. The normalized spacial score (nSPS) is 17.9. The number of thioether (sulfide) groups is 1. The van der Waals surface area contributed by atoms with Crippen LogP contribution in [0, 0.1) is 6.92 Å². The molecule has 2 rings (SSSR count). The van der Waals surface area contributed by atoms with Gasteiger partial charge in [0.2, 0.25) is 5.91 Å². The molecule has 1 aliphatic rings. The van der Waals surface area contributed by atoms with E-state index < -0.39 is 0 Å². The third-order valence-electron chi connectivity index (χ3n) is 3.23. The minimum Gasteiger partial charge on any atom is -0.361 e. The lowest BCUT2D eigenvalue weighted by Crippen LogP contribution is -2.37. The van der Waals surface area contributed by atoms with Crippen molar-refractivity contribution in [2.45, 2.75) is 56.6 Å². The highest BCUT2D eigenvalue weighted by molar-refractivity contribution is 7.99. The largest absolute Gasteiger partial charge is 0.361 e. The van der Waals surface area contributed by atoms with E-state index in [-0.39, 0.29) is 11.2 Å². The second-order valence-electron chi connectivity index (χ2n) is 4.87. The van der Waals surface area contributed by atoms with E-state index in [4.69, 9.17) is 4.52 Å². The lowest BCUT2D eigenvalue weighted by Gasteiger charge is -2.15. The van der Waals surface area contributed by atoms with E-state index in [2.05, 4.69) is 10.5 Å². The molecular weight excluding hydrogens is 248 g/mol. The SMILES string of the molecule is Cc1cc(CS[C@H](C)C(=O)NC2CCCC2)no1. The summed E-state index contributed by atoms with van der Waals surface area (Å²) in [7, 11) is 0. The van der Waals surface area contributed by atoms with Crippen molar-refractivity contribution in [2.75, 3.05) is 0 Å². The zero-order chi connectivity index (χ0) is 13.0. The molecule has 1 aromatic rings. The van der Waals surface area contributed by atoms with Crippen LogP contribution in [0.5, 0.6) is 0 Å². The molecule has 0 saturated heterocycles. The highest BCUT2D eigenvalue weighted by atomic mass is 32.2. The van der Waals surface area contributed by atoms with Crippen LogP contribution in [0.25, 0.3) is 0 Å². The molecule has 0 radical (unpaired) electrons. The van der Waals surface area contributed by atoms with Gasteiger partial charge in [0.15, 0.2) is 0 Å². The average molecular weight is 268 g/mol. The molecule has 100 valence electrons. The van der Waals surface area contributed by atoms with Gasteiger partial charge in [-0.15, -0.1) is 11.8 Å². The Morgan fingerprint density at radius 2 is 2.33 bits per heavy atom. The smallest absolute Gasteiger partial charge is 0.233 e. The summed E-state index contributed by atoms with van der Waals surface area (Å²) >= 11 is 1.60. The Kier molecular flexibility index (Phi) is 4.69. The number of amides is 1. The molecule has 4 nitrogen and oxygen atoms in total. The fourth-order valence-electron chi connectivity index (χ4n) is 2.16. The zero-order valence-electron chi connectivity index (χ0n) is 10.9. The van der Waals surface area contributed by atoms with Crippen molar-refractivity contribution in [3.63, 3.8) is 0 Å². The summed E-state index contributed by atoms with van der Waals surface area (Å²) < 4.78 is 5.00. The summed E-state index contributed by atoms with van der Waals surface area (Å²) in [5.74, 6) is 1.68. The molecule has 1 heterocycles. The van der Waals surface area contributed by atoms with Gasteiger partial charge in [0.25, 0.3) is 0 Å². The number of nitrogens with zero attached hydrogens (tertiary/aromatic N) is 1. The first kappa shape index (κ1) is 13.5. The molecule has 1 saturated carbocycles. The Hall–Kier alpha value is -0.970. The number of aromatic nitrogens is 1. The molecule has 1 aromatic heterocycles. The maximum absolute atomic E-state index is 11.9. The van der Waals surface area contributed by atoms with Gasteiger partial charge >= 0.3 is 0 Å². The molecule has 18 heavy (non-hydrogen) atoms. The summed E-state index contributed by atoms with van der Waals surface area (Å²) in [6.07, 6.45) is 4.74. The quantitative estimate of drug-likeness (QED) is 0.892. The molecule has 1 amide bonds. The monoisotopic (exact) mass is 268 g/mol. The maximum Gasteiger partial charge on any atom is 0.233 e. The number of nitrogens with one attached hydrogen (secondary N) is 1. The standard InChI is InChI=1S/C13H20N2O2S/c1-9-7-12(15-17-9)8-18-10(2)13(16)14-11-5-3-4-6-11/h7,10-11H,3-6,8H2,1-2H3,(H,14,16)/t10-/m1/s1. The van der Waals surface area contributed by atoms with Crippen molar-refractivity contribution in [3.8, 4) is 0 Å². The van der Waals surface area contributed by atoms with Gasteiger partial charge in [-0.3, -0.25) is 4.79 Å². The van der Waals surface area contributed by atoms with E-state index in [1.54, 1.807) is 11.8 Å². The third-order valence-corrected chi connectivity index (χ3v) is 4.41. The second-order valence-corrected chi connectivity index (χ2v) is 6.20. The number of hydrogen-bond donors (Lipinski definition) is 1. The number of aryl methyl sites for hydroxylation is 1. The summed E-state index contributed by atoms with van der Waals surface area (Å²) in [5.41, 5.74) is 0.901. The van der Waals surface area contributed by atoms with Crippen LogP contribution in [0.4, 0.5) is 0 Å². The Morgan fingerprint density at radius 3 is 2.94 bits per heavy atom. The van der Waals surface area contributed by atoms with E-state index in [9.17, 15) is 4.79 Å². The fourth-order valence-corrected chi connectivity index (χ4v) is 2.94. The highest BCUT2D eigenvalue weighted by Gasteiger charge is 2.21. The molecule has 5 heteroatoms. The van der Waals surface area contributed by atoms with E-state index in [1.807, 2.05) is 19.9 Å². The predicted molar refractivity (Wildman–Crippen MR) is 72.4 cm³/mol. The van der Waals surface area contributed by atoms with Crippen LogP contribution < -0.4 is 5.32 Å². The van der Waals surface area contributed by atoms with Gasteiger partial charge in [-0.2, -0.15) is 0 Å². The molecule has 0 aromatic carbocycles. The van der Waals surface area contributed by atoms with Crippen LogP contribution in [0.15, 0.2) is 10.6 Å². The topological polar surface area (TPSA) is 55.1 Å². The van der Waals surface area contributed by atoms with Crippen LogP contribution in [0.1, 0.15) is 44.1 Å². The van der Waals surface area contributed by atoms with E-state index >= 15 is 0 Å². The molecule has 1 aliphatic carbocycles. The minimum atomic E-state index is -0.0393. The Morgan fingerprint density at radius 1 is 1.61 bits per heavy atom. The van der Waals surface area contributed by atoms with E-state index in [0.717, 1.165) is 30.0 Å². The van der Waals surface area contributed by atoms with Crippen LogP contribution in [-0.4, -0.2) is 22.4 Å². The molecule has 1 atom stereocenters. The van der Waals surface area contributed by atoms with Crippen LogP contribution in [0.2, 0.25) is 0 Å². The molecule has 1 fully saturated rings. The molecule has 1 N–H and O–H groups in total. The molecular formula is C13H20N2O2S. The Bertz CT molecular complexity index is 399. The van der Waals surface area contributed by atoms with Gasteiger partial charge < -0.3 is 9.84 Å². The summed E-state index contributed by atoms with van der Waals surface area (Å²) in [6.45, 7) is 3.82. The molecule has 0 aliphatic heterocycles. The number of carbonyl (C=O) groups excluding carboxylic acids is 1. The van der Waals surface area contributed by atoms with Gasteiger partial charge in [-0.25, -0.2) is 0 Å². The van der Waals surface area contributed by atoms with Gasteiger partial charge in [-0.05, 0) is 26.7 Å². The summed E-state index contributed by atoms with van der Waals surface area (Å²) in [6, 6.07) is 2.31. The first-order valence-corrected chi connectivity index (χ1v) is 7.54. The maximum atomic E-state index is 11.9. The van der Waals surface area contributed by atoms with Gasteiger partial charge in [-0.1, -0.05) is 18.0 Å². The first-order chi connectivity index (χ1) is 8.65. The minimum absolute atomic E-state index is 0.0393. The van der Waals surface area contributed by atoms with Gasteiger partial charge in [0.1, 0.15) is 5.76 Å². The molecule has 0 bridgehead atoms. The van der Waals surface area contributed by atoms with Crippen molar-refractivity contribution >= 4 is 17.7 Å². The van der Waals surface area contributed by atoms with Crippen LogP contribution in [0.3, 0.4) is 0 Å². The third kappa shape index (κ3) is 3.77.